The van der Waals surface area contributed by atoms with Crippen LogP contribution in [0.4, 0.5) is 5.69 Å². The lowest BCUT2D eigenvalue weighted by molar-refractivity contribution is -0.137. The maximum Gasteiger partial charge on any atom is 0.279 e. The van der Waals surface area contributed by atoms with Crippen LogP contribution in [0.25, 0.3) is 16.5 Å². The Kier molecular flexibility index (Phi) is 6.76. The maximum absolute atomic E-state index is 13.1. The van der Waals surface area contributed by atoms with Crippen LogP contribution < -0.4 is 10.9 Å². The van der Waals surface area contributed by atoms with Crippen molar-refractivity contribution in [3.8, 4) is 5.69 Å². The molecule has 0 unspecified atom stereocenters. The number of hydrogen-bond acceptors (Lipinski definition) is 6. The minimum atomic E-state index is -1.91. The van der Waals surface area contributed by atoms with Gasteiger partial charge in [-0.05, 0) is 41.8 Å². The van der Waals surface area contributed by atoms with E-state index in [9.17, 15) is 24.6 Å². The van der Waals surface area contributed by atoms with E-state index in [0.29, 0.717) is 35.3 Å². The first-order chi connectivity index (χ1) is 19.8. The van der Waals surface area contributed by atoms with Crippen molar-refractivity contribution in [3.63, 3.8) is 0 Å². The first kappa shape index (κ1) is 26.6. The number of aliphatic hydroxyl groups is 2. The molecule has 0 bridgehead atoms. The number of aromatic nitrogens is 2. The van der Waals surface area contributed by atoms with Gasteiger partial charge in [0.15, 0.2) is 5.60 Å². The predicted molar refractivity (Wildman–Crippen MR) is 154 cm³/mol. The zero-order chi connectivity index (χ0) is 28.7. The van der Waals surface area contributed by atoms with Crippen molar-refractivity contribution < 1.29 is 19.8 Å². The highest BCUT2D eigenvalue weighted by atomic mass is 16.3. The summed E-state index contributed by atoms with van der Waals surface area (Å²) in [6.07, 6.45) is 5.57. The number of carbonyl (C=O) groups excluding carboxylic acids is 2. The summed E-state index contributed by atoms with van der Waals surface area (Å²) in [5.74, 6) is -1.42. The zero-order valence-electron chi connectivity index (χ0n) is 22.5. The van der Waals surface area contributed by atoms with Crippen molar-refractivity contribution in [2.75, 3.05) is 11.9 Å². The van der Waals surface area contributed by atoms with Crippen LogP contribution in [0, 0.1) is 5.92 Å². The summed E-state index contributed by atoms with van der Waals surface area (Å²) in [5, 5.41) is 29.9. The molecule has 0 spiro atoms. The molecule has 6 rings (SSSR count). The fourth-order valence-corrected chi connectivity index (χ4v) is 5.83. The van der Waals surface area contributed by atoms with Gasteiger partial charge < -0.3 is 20.4 Å². The molecule has 4 aromatic rings. The number of hydrogen-bond donors (Lipinski definition) is 3. The van der Waals surface area contributed by atoms with Gasteiger partial charge in [0.25, 0.3) is 11.5 Å². The second kappa shape index (κ2) is 10.4. The molecule has 2 aliphatic rings. The molecular weight excluding hydrogens is 520 g/mol. The molecule has 9 heteroatoms. The number of anilines is 1. The summed E-state index contributed by atoms with van der Waals surface area (Å²) >= 11 is 0. The lowest BCUT2D eigenvalue weighted by Crippen LogP contribution is -2.46. The number of nitrogens with zero attached hydrogens (tertiary/aromatic N) is 3. The Bertz CT molecular complexity index is 1760. The lowest BCUT2D eigenvalue weighted by Gasteiger charge is -2.36. The minimum absolute atomic E-state index is 0.0595. The van der Waals surface area contributed by atoms with Crippen molar-refractivity contribution in [1.82, 2.24) is 14.7 Å². The van der Waals surface area contributed by atoms with E-state index in [4.69, 9.17) is 0 Å². The molecule has 0 fully saturated rings. The van der Waals surface area contributed by atoms with Crippen molar-refractivity contribution in [3.05, 3.63) is 112 Å². The average molecular weight is 551 g/mol. The van der Waals surface area contributed by atoms with Gasteiger partial charge in [-0.2, -0.15) is 9.78 Å². The highest BCUT2D eigenvalue weighted by molar-refractivity contribution is 6.05. The van der Waals surface area contributed by atoms with Crippen LogP contribution in [-0.4, -0.2) is 49.4 Å². The van der Waals surface area contributed by atoms with E-state index in [1.54, 1.807) is 60.5 Å². The van der Waals surface area contributed by atoms with Gasteiger partial charge in [-0.15, -0.1) is 0 Å². The molecule has 3 aromatic carbocycles. The molecule has 0 radical (unpaired) electrons. The molecule has 9 nitrogen and oxygen atoms in total. The van der Waals surface area contributed by atoms with Crippen LogP contribution in [0.3, 0.4) is 0 Å². The third-order valence-electron chi connectivity index (χ3n) is 8.21. The Morgan fingerprint density at radius 3 is 2.68 bits per heavy atom. The number of nitrogens with one attached hydrogen (secondary N) is 1. The Hall–Kier alpha value is -4.60. The second-order valence-electron chi connectivity index (χ2n) is 10.7. The van der Waals surface area contributed by atoms with E-state index >= 15 is 0 Å². The van der Waals surface area contributed by atoms with Gasteiger partial charge in [-0.3, -0.25) is 14.4 Å². The number of carbonyl (C=O) groups is 2. The third kappa shape index (κ3) is 4.53. The van der Waals surface area contributed by atoms with Crippen molar-refractivity contribution in [2.45, 2.75) is 38.0 Å². The van der Waals surface area contributed by atoms with Gasteiger partial charge >= 0.3 is 0 Å². The largest absolute Gasteiger partial charge is 0.394 e. The predicted octanol–water partition coefficient (Wildman–Crippen LogP) is 3.05. The Labute approximate surface area is 236 Å². The summed E-state index contributed by atoms with van der Waals surface area (Å²) in [5.41, 5.74) is 1.17. The number of amides is 2. The number of aliphatic hydroxyl groups excluding tert-OH is 1. The fourth-order valence-electron chi connectivity index (χ4n) is 5.83. The van der Waals surface area contributed by atoms with Gasteiger partial charge in [0.2, 0.25) is 5.91 Å². The van der Waals surface area contributed by atoms with E-state index < -0.39 is 17.4 Å². The van der Waals surface area contributed by atoms with Crippen LogP contribution >= 0.6 is 0 Å². The molecule has 2 aliphatic heterocycles. The Morgan fingerprint density at radius 2 is 1.88 bits per heavy atom. The molecular formula is C32H30N4O5. The zero-order valence-corrected chi connectivity index (χ0v) is 22.5. The molecule has 41 heavy (non-hydrogen) atoms. The van der Waals surface area contributed by atoms with Crippen LogP contribution in [0.5, 0.6) is 0 Å². The fraction of sp³-hybridized carbons (Fsp3) is 0.250. The highest BCUT2D eigenvalue weighted by Crippen LogP contribution is 2.42. The van der Waals surface area contributed by atoms with Crippen LogP contribution in [0.15, 0.2) is 89.9 Å². The van der Waals surface area contributed by atoms with Crippen molar-refractivity contribution in [2.24, 2.45) is 5.92 Å². The number of rotatable bonds is 6. The van der Waals surface area contributed by atoms with Crippen LogP contribution in [0.1, 0.15) is 30.0 Å². The monoisotopic (exact) mass is 550 g/mol. The molecule has 0 aliphatic carbocycles. The summed E-state index contributed by atoms with van der Waals surface area (Å²) < 4.78 is 1.25. The summed E-state index contributed by atoms with van der Waals surface area (Å²) in [6.45, 7) is 2.00. The van der Waals surface area contributed by atoms with E-state index in [2.05, 4.69) is 10.4 Å². The second-order valence-corrected chi connectivity index (χ2v) is 10.7. The van der Waals surface area contributed by atoms with Gasteiger partial charge in [0, 0.05) is 35.5 Å². The normalized spacial score (nSPS) is 20.6. The molecule has 0 saturated carbocycles. The molecule has 3 heterocycles. The average Bonchev–Trinajstić information content (AvgIpc) is 3.26. The molecule has 3 N–H and O–H groups in total. The Morgan fingerprint density at radius 1 is 1.12 bits per heavy atom. The molecule has 2 amide bonds. The first-order valence-corrected chi connectivity index (χ1v) is 13.6. The lowest BCUT2D eigenvalue weighted by atomic mass is 9.82. The minimum Gasteiger partial charge on any atom is -0.394 e. The van der Waals surface area contributed by atoms with E-state index in [1.165, 1.54) is 4.68 Å². The van der Waals surface area contributed by atoms with Gasteiger partial charge in [0.05, 0.1) is 29.9 Å². The molecule has 3 atom stereocenters. The molecule has 1 aromatic heterocycles. The number of benzene rings is 3. The topological polar surface area (TPSA) is 125 Å². The smallest absolute Gasteiger partial charge is 0.279 e. The highest BCUT2D eigenvalue weighted by Gasteiger charge is 2.48. The van der Waals surface area contributed by atoms with Crippen molar-refractivity contribution in [1.29, 1.82) is 0 Å². The quantitative estimate of drug-likeness (QED) is 0.317. The SMILES string of the molecule is C[C@@H](/C=C/CC(=O)N1Cc2ccccc2C[C@H]1CO)[C@]1(O)C(=O)Nc2ccc(-n3ncc4ccccc4c3=O)cc21. The molecule has 208 valence electrons. The van der Waals surface area contributed by atoms with E-state index in [0.717, 1.165) is 16.5 Å². The van der Waals surface area contributed by atoms with Gasteiger partial charge in [-0.1, -0.05) is 61.5 Å². The summed E-state index contributed by atoms with van der Waals surface area (Å²) in [6, 6.07) is 19.7. The van der Waals surface area contributed by atoms with Crippen LogP contribution in [-0.2, 0) is 28.2 Å². The number of fused-ring (bicyclic) bond motifs is 3. The van der Waals surface area contributed by atoms with E-state index in [1.807, 2.05) is 36.4 Å². The van der Waals surface area contributed by atoms with Gasteiger partial charge in [-0.25, -0.2) is 0 Å². The maximum atomic E-state index is 13.1. The van der Waals surface area contributed by atoms with Crippen LogP contribution in [0.2, 0.25) is 0 Å². The molecule has 0 saturated heterocycles. The van der Waals surface area contributed by atoms with E-state index in [-0.39, 0.29) is 30.5 Å². The third-order valence-corrected chi connectivity index (χ3v) is 8.21. The summed E-state index contributed by atoms with van der Waals surface area (Å²) in [4.78, 5) is 41.0. The van der Waals surface area contributed by atoms with Gasteiger partial charge in [0.1, 0.15) is 0 Å². The Balaban J connectivity index is 1.23. The van der Waals surface area contributed by atoms with Crippen molar-refractivity contribution >= 4 is 28.3 Å². The summed E-state index contributed by atoms with van der Waals surface area (Å²) in [7, 11) is 0. The standard InChI is InChI=1S/C32H30N4O5/c1-20(7-6-12-29(38)35-18-23-10-3-2-8-21(23)15-25(35)19-37)32(41)27-16-24(13-14-28(27)34-31(32)40)36-30(39)26-11-5-4-9-22(26)17-33-36/h2-11,13-14,16-17,20,25,37,41H,12,15,18-19H2,1H3,(H,34,40)/b7-6+/t20-,25-,32+/m0/s1. The first-order valence-electron chi connectivity index (χ1n) is 13.6.